The van der Waals surface area contributed by atoms with Crippen molar-refractivity contribution >= 4 is 23.4 Å². The monoisotopic (exact) mass is 283 g/mol. The van der Waals surface area contributed by atoms with Crippen molar-refractivity contribution in [1.29, 1.82) is 0 Å². The Balaban J connectivity index is 1.81. The van der Waals surface area contributed by atoms with Gasteiger partial charge in [-0.3, -0.25) is 0 Å². The molecular formula is C15H22ClNS. The van der Waals surface area contributed by atoms with Crippen LogP contribution in [0.25, 0.3) is 0 Å². The van der Waals surface area contributed by atoms with Crippen LogP contribution in [0.1, 0.15) is 38.5 Å². The van der Waals surface area contributed by atoms with Crippen molar-refractivity contribution in [2.24, 2.45) is 11.7 Å². The van der Waals surface area contributed by atoms with Crippen LogP contribution in [0.5, 0.6) is 0 Å². The largest absolute Gasteiger partial charge is 0.327 e. The molecular weight excluding hydrogens is 262 g/mol. The molecule has 1 atom stereocenters. The van der Waals surface area contributed by atoms with Gasteiger partial charge in [0.2, 0.25) is 0 Å². The van der Waals surface area contributed by atoms with Gasteiger partial charge >= 0.3 is 0 Å². The molecule has 18 heavy (non-hydrogen) atoms. The van der Waals surface area contributed by atoms with Crippen LogP contribution in [0.2, 0.25) is 5.02 Å². The lowest BCUT2D eigenvalue weighted by Gasteiger charge is -2.21. The molecule has 1 nitrogen and oxygen atoms in total. The molecule has 0 aromatic heterocycles. The molecule has 0 aliphatic heterocycles. The first-order valence-electron chi connectivity index (χ1n) is 6.89. The molecule has 1 aliphatic rings. The topological polar surface area (TPSA) is 26.0 Å². The van der Waals surface area contributed by atoms with Crippen LogP contribution >= 0.6 is 23.4 Å². The third-order valence-corrected chi connectivity index (χ3v) is 5.12. The van der Waals surface area contributed by atoms with E-state index in [0.29, 0.717) is 6.04 Å². The Labute approximate surface area is 119 Å². The van der Waals surface area contributed by atoms with Gasteiger partial charge in [-0.05, 0) is 37.0 Å². The normalized spacial score (nSPS) is 19.4. The van der Waals surface area contributed by atoms with Gasteiger partial charge in [0.1, 0.15) is 0 Å². The minimum Gasteiger partial charge on any atom is -0.327 e. The number of hydrogen-bond donors (Lipinski definition) is 1. The number of nitrogens with two attached hydrogens (primary N) is 1. The first-order valence-corrected chi connectivity index (χ1v) is 8.26. The Morgan fingerprint density at radius 3 is 2.61 bits per heavy atom. The van der Waals surface area contributed by atoms with Crippen LogP contribution < -0.4 is 5.73 Å². The number of halogens is 1. The smallest absolute Gasteiger partial charge is 0.0417 e. The van der Waals surface area contributed by atoms with E-state index < -0.39 is 0 Å². The number of benzene rings is 1. The summed E-state index contributed by atoms with van der Waals surface area (Å²) in [6, 6.07) is 8.37. The maximum absolute atomic E-state index is 6.35. The van der Waals surface area contributed by atoms with Gasteiger partial charge in [-0.2, -0.15) is 0 Å². The second kappa shape index (κ2) is 7.42. The van der Waals surface area contributed by atoms with Crippen LogP contribution in [-0.2, 0) is 0 Å². The number of rotatable bonds is 4. The summed E-state index contributed by atoms with van der Waals surface area (Å²) in [5.41, 5.74) is 6.35. The average Bonchev–Trinajstić information content (AvgIpc) is 2.65. The number of thioether (sulfide) groups is 1. The highest BCUT2D eigenvalue weighted by atomic mass is 35.5. The fourth-order valence-electron chi connectivity index (χ4n) is 2.62. The predicted octanol–water partition coefficient (Wildman–Crippen LogP) is 4.73. The fourth-order valence-corrected chi connectivity index (χ4v) is 3.92. The zero-order chi connectivity index (χ0) is 12.8. The molecule has 1 fully saturated rings. The second-order valence-electron chi connectivity index (χ2n) is 5.18. The van der Waals surface area contributed by atoms with Crippen molar-refractivity contribution < 1.29 is 0 Å². The van der Waals surface area contributed by atoms with Gasteiger partial charge in [0, 0.05) is 21.7 Å². The first kappa shape index (κ1) is 14.2. The van der Waals surface area contributed by atoms with Gasteiger partial charge in [0.05, 0.1) is 0 Å². The summed E-state index contributed by atoms with van der Waals surface area (Å²) in [5.74, 6) is 1.73. The zero-order valence-corrected chi connectivity index (χ0v) is 12.3. The average molecular weight is 284 g/mol. The molecule has 2 N–H and O–H groups in total. The molecule has 0 heterocycles. The molecule has 0 amide bonds. The Kier molecular flexibility index (Phi) is 5.87. The van der Waals surface area contributed by atoms with Gasteiger partial charge in [0.15, 0.2) is 0 Å². The van der Waals surface area contributed by atoms with Crippen molar-refractivity contribution in [3.05, 3.63) is 29.3 Å². The number of hydrogen-bond acceptors (Lipinski definition) is 2. The van der Waals surface area contributed by atoms with Crippen molar-refractivity contribution in [3.8, 4) is 0 Å². The van der Waals surface area contributed by atoms with Crippen LogP contribution in [0, 0.1) is 5.92 Å². The highest BCUT2D eigenvalue weighted by molar-refractivity contribution is 7.99. The standard InChI is InChI=1S/C15H22ClNS/c16-13-8-5-9-14(10-13)18-11-15(17)12-6-3-1-2-4-7-12/h5,8-10,12,15H,1-4,6-7,11,17H2. The van der Waals surface area contributed by atoms with Gasteiger partial charge in [-0.15, -0.1) is 11.8 Å². The molecule has 1 saturated carbocycles. The van der Waals surface area contributed by atoms with Gasteiger partial charge in [0.25, 0.3) is 0 Å². The molecule has 1 aromatic rings. The third-order valence-electron chi connectivity index (χ3n) is 3.74. The second-order valence-corrected chi connectivity index (χ2v) is 6.71. The molecule has 0 saturated heterocycles. The lowest BCUT2D eigenvalue weighted by Crippen LogP contribution is -2.32. The Morgan fingerprint density at radius 1 is 1.22 bits per heavy atom. The first-order chi connectivity index (χ1) is 8.75. The predicted molar refractivity (Wildman–Crippen MR) is 81.3 cm³/mol. The highest BCUT2D eigenvalue weighted by Crippen LogP contribution is 2.28. The maximum atomic E-state index is 6.35. The van der Waals surface area contributed by atoms with E-state index in [9.17, 15) is 0 Å². The molecule has 1 aromatic carbocycles. The summed E-state index contributed by atoms with van der Waals surface area (Å²) < 4.78 is 0. The summed E-state index contributed by atoms with van der Waals surface area (Å²) in [6.45, 7) is 0. The lowest BCUT2D eigenvalue weighted by atomic mass is 9.94. The lowest BCUT2D eigenvalue weighted by molar-refractivity contribution is 0.397. The van der Waals surface area contributed by atoms with E-state index in [1.807, 2.05) is 30.0 Å². The zero-order valence-electron chi connectivity index (χ0n) is 10.8. The van der Waals surface area contributed by atoms with Gasteiger partial charge < -0.3 is 5.73 Å². The summed E-state index contributed by atoms with van der Waals surface area (Å²) in [6.07, 6.45) is 8.14. The van der Waals surface area contributed by atoms with E-state index in [0.717, 1.165) is 16.7 Å². The van der Waals surface area contributed by atoms with Gasteiger partial charge in [-0.1, -0.05) is 43.4 Å². The molecule has 1 aliphatic carbocycles. The minimum absolute atomic E-state index is 0.326. The van der Waals surface area contributed by atoms with E-state index in [1.165, 1.54) is 43.4 Å². The molecule has 2 rings (SSSR count). The summed E-state index contributed by atoms with van der Waals surface area (Å²) in [5, 5.41) is 0.808. The van der Waals surface area contributed by atoms with Crippen LogP contribution in [0.15, 0.2) is 29.2 Å². The van der Waals surface area contributed by atoms with Crippen LogP contribution in [-0.4, -0.2) is 11.8 Å². The van der Waals surface area contributed by atoms with E-state index in [-0.39, 0.29) is 0 Å². The quantitative estimate of drug-likeness (QED) is 0.638. The van der Waals surface area contributed by atoms with E-state index in [1.54, 1.807) is 0 Å². The highest BCUT2D eigenvalue weighted by Gasteiger charge is 2.19. The van der Waals surface area contributed by atoms with Crippen molar-refractivity contribution in [2.45, 2.75) is 49.5 Å². The SMILES string of the molecule is NC(CSc1cccc(Cl)c1)C1CCCCCC1. The Morgan fingerprint density at radius 2 is 1.94 bits per heavy atom. The Hall–Kier alpha value is -0.180. The van der Waals surface area contributed by atoms with Crippen LogP contribution in [0.3, 0.4) is 0 Å². The summed E-state index contributed by atoms with van der Waals surface area (Å²) >= 11 is 7.82. The maximum Gasteiger partial charge on any atom is 0.0417 e. The molecule has 100 valence electrons. The fraction of sp³-hybridized carbons (Fsp3) is 0.600. The molecule has 0 spiro atoms. The molecule has 0 radical (unpaired) electrons. The van der Waals surface area contributed by atoms with E-state index in [2.05, 4.69) is 6.07 Å². The van der Waals surface area contributed by atoms with E-state index >= 15 is 0 Å². The van der Waals surface area contributed by atoms with Crippen LogP contribution in [0.4, 0.5) is 0 Å². The minimum atomic E-state index is 0.326. The third kappa shape index (κ3) is 4.49. The molecule has 3 heteroatoms. The summed E-state index contributed by atoms with van der Waals surface area (Å²) in [7, 11) is 0. The molecule has 0 bridgehead atoms. The van der Waals surface area contributed by atoms with Crippen molar-refractivity contribution in [1.82, 2.24) is 0 Å². The Bertz CT molecular complexity index is 361. The van der Waals surface area contributed by atoms with Crippen molar-refractivity contribution in [3.63, 3.8) is 0 Å². The van der Waals surface area contributed by atoms with Gasteiger partial charge in [-0.25, -0.2) is 0 Å². The summed E-state index contributed by atoms with van der Waals surface area (Å²) in [4.78, 5) is 1.23. The van der Waals surface area contributed by atoms with Crippen molar-refractivity contribution in [2.75, 3.05) is 5.75 Å². The molecule has 1 unspecified atom stereocenters. The van der Waals surface area contributed by atoms with E-state index in [4.69, 9.17) is 17.3 Å².